The second kappa shape index (κ2) is 6.56. The fourth-order valence-electron chi connectivity index (χ4n) is 3.28. The third-order valence-electron chi connectivity index (χ3n) is 4.48. The Hall–Kier alpha value is -1.76. The summed E-state index contributed by atoms with van der Waals surface area (Å²) in [7, 11) is 7.36. The van der Waals surface area contributed by atoms with Crippen LogP contribution in [-0.2, 0) is 7.05 Å². The monoisotopic (exact) mass is 309 g/mol. The van der Waals surface area contributed by atoms with Crippen molar-refractivity contribution in [3.05, 3.63) is 5.69 Å². The number of rotatable bonds is 3. The average Bonchev–Trinajstić information content (AvgIpc) is 2.72. The van der Waals surface area contributed by atoms with Crippen LogP contribution in [0.15, 0.2) is 0 Å². The van der Waals surface area contributed by atoms with E-state index in [1.54, 1.807) is 18.8 Å². The number of nitrogens with one attached hydrogen (secondary N) is 1. The van der Waals surface area contributed by atoms with Gasteiger partial charge in [-0.1, -0.05) is 6.92 Å². The van der Waals surface area contributed by atoms with Gasteiger partial charge in [0.2, 0.25) is 5.88 Å². The van der Waals surface area contributed by atoms with Crippen LogP contribution in [0.1, 0.15) is 19.0 Å². The molecule has 22 heavy (non-hydrogen) atoms. The van der Waals surface area contributed by atoms with Crippen LogP contribution in [-0.4, -0.2) is 65.9 Å². The maximum absolute atomic E-state index is 12.6. The first-order valence-corrected chi connectivity index (χ1v) is 7.65. The summed E-state index contributed by atoms with van der Waals surface area (Å²) < 4.78 is 6.95. The molecule has 2 amide bonds. The molecule has 124 valence electrons. The zero-order valence-corrected chi connectivity index (χ0v) is 14.4. The first kappa shape index (κ1) is 16.6. The first-order valence-electron chi connectivity index (χ1n) is 7.65. The number of piperidine rings is 1. The van der Waals surface area contributed by atoms with Crippen molar-refractivity contribution in [3.8, 4) is 5.88 Å². The lowest BCUT2D eigenvalue weighted by molar-refractivity contribution is 0.113. The molecule has 1 saturated heterocycles. The number of urea groups is 1. The molecule has 7 heteroatoms. The molecule has 1 fully saturated rings. The van der Waals surface area contributed by atoms with E-state index in [0.29, 0.717) is 17.5 Å². The van der Waals surface area contributed by atoms with Crippen molar-refractivity contribution in [2.24, 2.45) is 13.0 Å². The fraction of sp³-hybridized carbons (Fsp3) is 0.733. The summed E-state index contributed by atoms with van der Waals surface area (Å²) in [6.07, 6.45) is 0.991. The molecule has 1 N–H and O–H groups in total. The molecule has 0 spiro atoms. The van der Waals surface area contributed by atoms with Gasteiger partial charge in [0.15, 0.2) is 0 Å². The molecule has 0 saturated carbocycles. The van der Waals surface area contributed by atoms with Gasteiger partial charge in [0.25, 0.3) is 0 Å². The Morgan fingerprint density at radius 1 is 1.45 bits per heavy atom. The lowest BCUT2D eigenvalue weighted by atomic mass is 9.93. The number of aryl methyl sites for hydroxylation is 2. The number of likely N-dealkylation sites (tertiary alicyclic amines) is 1. The topological polar surface area (TPSA) is 62.6 Å². The molecule has 1 aliphatic rings. The van der Waals surface area contributed by atoms with Gasteiger partial charge in [-0.25, -0.2) is 9.48 Å². The fourth-order valence-corrected chi connectivity index (χ4v) is 3.28. The number of nitrogens with zero attached hydrogens (tertiary/aromatic N) is 4. The summed E-state index contributed by atoms with van der Waals surface area (Å²) in [4.78, 5) is 16.7. The zero-order chi connectivity index (χ0) is 16.4. The number of ether oxygens (including phenoxy) is 1. The van der Waals surface area contributed by atoms with Crippen LogP contribution in [0.2, 0.25) is 0 Å². The largest absolute Gasteiger partial charge is 0.480 e. The van der Waals surface area contributed by atoms with Gasteiger partial charge in [-0.05, 0) is 32.9 Å². The Labute approximate surface area is 132 Å². The number of aromatic nitrogens is 2. The normalized spacial score (nSPS) is 22.5. The van der Waals surface area contributed by atoms with Gasteiger partial charge in [-0.15, -0.1) is 0 Å². The number of methoxy groups -OCH3 is 1. The smallest absolute Gasteiger partial charge is 0.322 e. The highest BCUT2D eigenvalue weighted by Gasteiger charge is 2.30. The van der Waals surface area contributed by atoms with Gasteiger partial charge in [0, 0.05) is 26.7 Å². The van der Waals surface area contributed by atoms with Crippen LogP contribution in [0.5, 0.6) is 5.88 Å². The van der Waals surface area contributed by atoms with Crippen LogP contribution < -0.4 is 10.1 Å². The summed E-state index contributed by atoms with van der Waals surface area (Å²) >= 11 is 0. The van der Waals surface area contributed by atoms with E-state index in [0.717, 1.165) is 25.2 Å². The van der Waals surface area contributed by atoms with E-state index in [2.05, 4.69) is 29.3 Å². The number of carbonyl (C=O) groups is 1. The van der Waals surface area contributed by atoms with Crippen LogP contribution >= 0.6 is 0 Å². The molecule has 0 radical (unpaired) electrons. The highest BCUT2D eigenvalue weighted by atomic mass is 16.5. The van der Waals surface area contributed by atoms with E-state index in [1.165, 1.54) is 0 Å². The van der Waals surface area contributed by atoms with Crippen molar-refractivity contribution in [3.63, 3.8) is 0 Å². The summed E-state index contributed by atoms with van der Waals surface area (Å²) in [5.74, 6) is 1.02. The van der Waals surface area contributed by atoms with Crippen molar-refractivity contribution >= 4 is 11.7 Å². The summed E-state index contributed by atoms with van der Waals surface area (Å²) in [6, 6.07) is 0.134. The van der Waals surface area contributed by atoms with Crippen LogP contribution in [0.4, 0.5) is 10.5 Å². The maximum atomic E-state index is 12.6. The van der Waals surface area contributed by atoms with Crippen LogP contribution in [0.25, 0.3) is 0 Å². The van der Waals surface area contributed by atoms with Crippen molar-refractivity contribution in [1.82, 2.24) is 19.6 Å². The van der Waals surface area contributed by atoms with E-state index < -0.39 is 0 Å². The first-order chi connectivity index (χ1) is 10.3. The predicted molar refractivity (Wildman–Crippen MR) is 86.3 cm³/mol. The summed E-state index contributed by atoms with van der Waals surface area (Å²) in [6.45, 7) is 6.08. The Bertz CT molecular complexity index is 542. The van der Waals surface area contributed by atoms with E-state index >= 15 is 0 Å². The predicted octanol–water partition coefficient (Wildman–Crippen LogP) is 1.54. The lowest BCUT2D eigenvalue weighted by Crippen LogP contribution is -2.50. The molecule has 7 nitrogen and oxygen atoms in total. The molecule has 2 rings (SSSR count). The zero-order valence-electron chi connectivity index (χ0n) is 14.4. The van der Waals surface area contributed by atoms with Crippen LogP contribution in [0, 0.1) is 12.8 Å². The minimum Gasteiger partial charge on any atom is -0.480 e. The molecule has 0 unspecified atom stereocenters. The number of hydrogen-bond acceptors (Lipinski definition) is 4. The Morgan fingerprint density at radius 3 is 2.73 bits per heavy atom. The second-order valence-electron chi connectivity index (χ2n) is 6.23. The van der Waals surface area contributed by atoms with E-state index in [9.17, 15) is 4.79 Å². The Balaban J connectivity index is 2.09. The molecule has 1 aromatic heterocycles. The number of amides is 2. The molecule has 2 heterocycles. The lowest BCUT2D eigenvalue weighted by Gasteiger charge is -2.39. The highest BCUT2D eigenvalue weighted by Crippen LogP contribution is 2.28. The molecular formula is C15H27N5O2. The Kier molecular flexibility index (Phi) is 4.95. The maximum Gasteiger partial charge on any atom is 0.322 e. The molecule has 0 aliphatic carbocycles. The van der Waals surface area contributed by atoms with Crippen molar-refractivity contribution in [1.29, 1.82) is 0 Å². The molecular weight excluding hydrogens is 282 g/mol. The molecule has 2 atom stereocenters. The quantitative estimate of drug-likeness (QED) is 0.920. The molecule has 0 aromatic carbocycles. The molecule has 0 bridgehead atoms. The van der Waals surface area contributed by atoms with Gasteiger partial charge in [0.1, 0.15) is 5.69 Å². The van der Waals surface area contributed by atoms with Crippen LogP contribution in [0.3, 0.4) is 0 Å². The molecule has 1 aromatic rings. The van der Waals surface area contributed by atoms with Crippen molar-refractivity contribution in [2.45, 2.75) is 26.3 Å². The number of hydrogen-bond donors (Lipinski definition) is 1. The van der Waals surface area contributed by atoms with E-state index in [1.807, 2.05) is 18.9 Å². The van der Waals surface area contributed by atoms with Crippen molar-refractivity contribution in [2.75, 3.05) is 39.6 Å². The van der Waals surface area contributed by atoms with Gasteiger partial charge >= 0.3 is 6.03 Å². The highest BCUT2D eigenvalue weighted by molar-refractivity contribution is 5.91. The number of carbonyl (C=O) groups excluding carboxylic acids is 1. The van der Waals surface area contributed by atoms with E-state index in [-0.39, 0.29) is 12.1 Å². The minimum atomic E-state index is -0.115. The van der Waals surface area contributed by atoms with E-state index in [4.69, 9.17) is 4.74 Å². The van der Waals surface area contributed by atoms with Gasteiger partial charge < -0.3 is 19.9 Å². The Morgan fingerprint density at radius 2 is 2.14 bits per heavy atom. The average molecular weight is 309 g/mol. The van der Waals surface area contributed by atoms with Gasteiger partial charge in [0.05, 0.1) is 12.8 Å². The standard InChI is InChI=1S/C15H27N5O2/c1-10-9-18(3)8-7-12(10)19(4)15(21)16-13-11(2)17-20(5)14(13)22-6/h10,12H,7-9H2,1-6H3,(H,16,21)/t10-,12+/m0/s1. The third-order valence-corrected chi connectivity index (χ3v) is 4.48. The van der Waals surface area contributed by atoms with Crippen molar-refractivity contribution < 1.29 is 9.53 Å². The second-order valence-corrected chi connectivity index (χ2v) is 6.23. The summed E-state index contributed by atoms with van der Waals surface area (Å²) in [5, 5.41) is 7.23. The third kappa shape index (κ3) is 3.19. The minimum absolute atomic E-state index is 0.115. The summed E-state index contributed by atoms with van der Waals surface area (Å²) in [5.41, 5.74) is 1.39. The SMILES string of the molecule is COc1c(NC(=O)N(C)[C@@H]2CCN(C)C[C@@H]2C)c(C)nn1C. The van der Waals surface area contributed by atoms with Gasteiger partial charge in [-0.2, -0.15) is 5.10 Å². The molecule has 1 aliphatic heterocycles. The van der Waals surface area contributed by atoms with Gasteiger partial charge in [-0.3, -0.25) is 0 Å². The number of anilines is 1.